The van der Waals surface area contributed by atoms with Crippen LogP contribution in [-0.4, -0.2) is 9.36 Å². The van der Waals surface area contributed by atoms with E-state index >= 15 is 0 Å². The van der Waals surface area contributed by atoms with Crippen LogP contribution in [0, 0.1) is 0 Å². The van der Waals surface area contributed by atoms with E-state index in [1.165, 1.54) is 0 Å². The van der Waals surface area contributed by atoms with E-state index in [4.69, 9.17) is 17.3 Å². The van der Waals surface area contributed by atoms with Crippen LogP contribution in [0.2, 0.25) is 5.02 Å². The maximum Gasteiger partial charge on any atom is 0.290 e. The number of hydrogen-bond donors (Lipinski definition) is 1. The first-order valence-corrected chi connectivity index (χ1v) is 7.28. The Bertz CT molecular complexity index is 658. The van der Waals surface area contributed by atoms with Gasteiger partial charge in [0.25, 0.3) is 5.56 Å². The first-order valence-electron chi connectivity index (χ1n) is 6.90. The van der Waals surface area contributed by atoms with Gasteiger partial charge in [0.15, 0.2) is 0 Å². The lowest BCUT2D eigenvalue weighted by Gasteiger charge is -2.13. The van der Waals surface area contributed by atoms with Crippen molar-refractivity contribution in [3.05, 3.63) is 50.9 Å². The Morgan fingerprint density at radius 2 is 2.00 bits per heavy atom. The molecule has 0 unspecified atom stereocenters. The van der Waals surface area contributed by atoms with Gasteiger partial charge in [-0.3, -0.25) is 9.48 Å². The number of anilines is 1. The Balaban J connectivity index is 2.46. The molecule has 0 radical (unpaired) electrons. The van der Waals surface area contributed by atoms with E-state index in [2.05, 4.69) is 6.92 Å². The number of benzene rings is 1. The van der Waals surface area contributed by atoms with Crippen molar-refractivity contribution in [1.82, 2.24) is 9.36 Å². The number of nitrogens with two attached hydrogens (primary N) is 1. The highest BCUT2D eigenvalue weighted by molar-refractivity contribution is 6.30. The summed E-state index contributed by atoms with van der Waals surface area (Å²) in [7, 11) is 0. The third-order valence-electron chi connectivity index (χ3n) is 3.39. The molecule has 108 valence electrons. The second kappa shape index (κ2) is 6.18. The van der Waals surface area contributed by atoms with Crippen molar-refractivity contribution in [3.63, 3.8) is 0 Å². The third-order valence-corrected chi connectivity index (χ3v) is 3.62. The molecule has 0 atom stereocenters. The lowest BCUT2D eigenvalue weighted by atomic mass is 10.2. The number of nitrogens with zero attached hydrogens (tertiary/aromatic N) is 2. The molecule has 0 saturated carbocycles. The molecule has 0 aliphatic rings. The van der Waals surface area contributed by atoms with E-state index in [0.29, 0.717) is 17.3 Å². The fourth-order valence-electron chi connectivity index (χ4n) is 2.48. The van der Waals surface area contributed by atoms with Gasteiger partial charge in [-0.25, -0.2) is 4.68 Å². The zero-order valence-electron chi connectivity index (χ0n) is 11.9. The number of rotatable bonds is 5. The fraction of sp³-hybridized carbons (Fsp3) is 0.400. The van der Waals surface area contributed by atoms with Gasteiger partial charge in [0.05, 0.1) is 12.2 Å². The average molecular weight is 294 g/mol. The molecule has 4 nitrogen and oxygen atoms in total. The predicted molar refractivity (Wildman–Crippen MR) is 83.3 cm³/mol. The molecule has 1 heterocycles. The summed E-state index contributed by atoms with van der Waals surface area (Å²) >= 11 is 5.99. The summed E-state index contributed by atoms with van der Waals surface area (Å²) in [6.45, 7) is 5.31. The molecule has 0 fully saturated rings. The highest BCUT2D eigenvalue weighted by Crippen LogP contribution is 2.15. The van der Waals surface area contributed by atoms with E-state index in [1.807, 2.05) is 35.9 Å². The minimum absolute atomic E-state index is 0.115. The van der Waals surface area contributed by atoms with Gasteiger partial charge in [-0.2, -0.15) is 0 Å². The second-order valence-electron chi connectivity index (χ2n) is 4.82. The predicted octanol–water partition coefficient (Wildman–Crippen LogP) is 2.91. The van der Waals surface area contributed by atoms with Crippen LogP contribution in [0.25, 0.3) is 0 Å². The molecule has 0 aliphatic heterocycles. The smallest absolute Gasteiger partial charge is 0.290 e. The molecular weight excluding hydrogens is 274 g/mol. The molecular formula is C15H20ClN3O. The summed E-state index contributed by atoms with van der Waals surface area (Å²) in [6, 6.07) is 7.54. The van der Waals surface area contributed by atoms with Crippen LogP contribution in [0.15, 0.2) is 29.1 Å². The summed E-state index contributed by atoms with van der Waals surface area (Å²) in [5, 5.41) is 0.673. The molecule has 2 rings (SSSR count). The minimum Gasteiger partial charge on any atom is -0.393 e. The van der Waals surface area contributed by atoms with Crippen molar-refractivity contribution in [2.45, 2.75) is 39.8 Å². The number of nitrogen functional groups attached to an aromatic ring is 1. The van der Waals surface area contributed by atoms with Crippen LogP contribution < -0.4 is 11.3 Å². The van der Waals surface area contributed by atoms with Gasteiger partial charge in [0.2, 0.25) is 0 Å². The Morgan fingerprint density at radius 3 is 2.60 bits per heavy atom. The molecule has 0 amide bonds. The molecule has 0 spiro atoms. The van der Waals surface area contributed by atoms with Crippen molar-refractivity contribution in [2.24, 2.45) is 0 Å². The molecule has 0 bridgehead atoms. The Hall–Kier alpha value is -1.68. The van der Waals surface area contributed by atoms with Gasteiger partial charge in [-0.15, -0.1) is 0 Å². The van der Waals surface area contributed by atoms with Crippen molar-refractivity contribution >= 4 is 17.3 Å². The van der Waals surface area contributed by atoms with Crippen LogP contribution in [0.4, 0.5) is 5.69 Å². The highest BCUT2D eigenvalue weighted by atomic mass is 35.5. The lowest BCUT2D eigenvalue weighted by molar-refractivity contribution is 0.471. The third kappa shape index (κ3) is 2.75. The first kappa shape index (κ1) is 14.7. The average Bonchev–Trinajstić information content (AvgIpc) is 2.64. The van der Waals surface area contributed by atoms with Crippen LogP contribution >= 0.6 is 11.6 Å². The van der Waals surface area contributed by atoms with Crippen molar-refractivity contribution in [3.8, 4) is 0 Å². The van der Waals surface area contributed by atoms with Crippen LogP contribution in [0.1, 0.15) is 31.5 Å². The molecule has 0 aliphatic carbocycles. The summed E-state index contributed by atoms with van der Waals surface area (Å²) < 4.78 is 3.67. The molecule has 20 heavy (non-hydrogen) atoms. The van der Waals surface area contributed by atoms with Gasteiger partial charge in [-0.05, 0) is 31.0 Å². The standard InChI is InChI=1S/C15H20ClN3O/c1-3-6-13-14(17)15(20)19(18(13)4-2)10-11-7-5-8-12(16)9-11/h5,7-9H,3-4,6,10,17H2,1-2H3. The molecule has 2 aromatic rings. The molecule has 2 N–H and O–H groups in total. The van der Waals surface area contributed by atoms with Crippen LogP contribution in [0.5, 0.6) is 0 Å². The number of halogens is 1. The SMILES string of the molecule is CCCc1c(N)c(=O)n(Cc2cccc(Cl)c2)n1CC. The lowest BCUT2D eigenvalue weighted by Crippen LogP contribution is -2.24. The van der Waals surface area contributed by atoms with Crippen LogP contribution in [-0.2, 0) is 19.5 Å². The first-order chi connectivity index (χ1) is 9.58. The number of aromatic nitrogens is 2. The summed E-state index contributed by atoms with van der Waals surface area (Å²) in [5.74, 6) is 0. The number of hydrogen-bond acceptors (Lipinski definition) is 2. The zero-order chi connectivity index (χ0) is 14.7. The largest absolute Gasteiger partial charge is 0.393 e. The van der Waals surface area contributed by atoms with Crippen molar-refractivity contribution in [2.75, 3.05) is 5.73 Å². The Labute approximate surface area is 123 Å². The van der Waals surface area contributed by atoms with E-state index in [0.717, 1.165) is 30.6 Å². The van der Waals surface area contributed by atoms with Gasteiger partial charge in [-0.1, -0.05) is 37.1 Å². The Kier molecular flexibility index (Phi) is 4.55. The molecule has 1 aromatic heterocycles. The Morgan fingerprint density at radius 1 is 1.25 bits per heavy atom. The minimum atomic E-state index is -0.115. The summed E-state index contributed by atoms with van der Waals surface area (Å²) in [6.07, 6.45) is 1.78. The molecule has 0 saturated heterocycles. The summed E-state index contributed by atoms with van der Waals surface area (Å²) in [5.41, 5.74) is 8.15. The van der Waals surface area contributed by atoms with E-state index < -0.39 is 0 Å². The van der Waals surface area contributed by atoms with Gasteiger partial charge in [0, 0.05) is 11.6 Å². The maximum absolute atomic E-state index is 12.3. The zero-order valence-corrected chi connectivity index (χ0v) is 12.7. The quantitative estimate of drug-likeness (QED) is 0.921. The maximum atomic E-state index is 12.3. The topological polar surface area (TPSA) is 53.0 Å². The van der Waals surface area contributed by atoms with Crippen LogP contribution in [0.3, 0.4) is 0 Å². The van der Waals surface area contributed by atoms with Gasteiger partial charge < -0.3 is 5.73 Å². The van der Waals surface area contributed by atoms with Crippen molar-refractivity contribution < 1.29 is 0 Å². The normalized spacial score (nSPS) is 10.9. The van der Waals surface area contributed by atoms with Gasteiger partial charge >= 0.3 is 0 Å². The van der Waals surface area contributed by atoms with E-state index in [-0.39, 0.29) is 5.56 Å². The second-order valence-corrected chi connectivity index (χ2v) is 5.26. The monoisotopic (exact) mass is 293 g/mol. The summed E-state index contributed by atoms with van der Waals surface area (Å²) in [4.78, 5) is 12.3. The van der Waals surface area contributed by atoms with Crippen molar-refractivity contribution in [1.29, 1.82) is 0 Å². The highest BCUT2D eigenvalue weighted by Gasteiger charge is 2.16. The van der Waals surface area contributed by atoms with Gasteiger partial charge in [0.1, 0.15) is 5.69 Å². The van der Waals surface area contributed by atoms with E-state index in [1.54, 1.807) is 4.68 Å². The van der Waals surface area contributed by atoms with E-state index in [9.17, 15) is 4.79 Å². The fourth-order valence-corrected chi connectivity index (χ4v) is 2.70. The molecule has 5 heteroatoms. The molecule has 1 aromatic carbocycles.